The van der Waals surface area contributed by atoms with Gasteiger partial charge in [-0.15, -0.1) is 12.3 Å². The lowest BCUT2D eigenvalue weighted by molar-refractivity contribution is -0.169. The first-order valence-corrected chi connectivity index (χ1v) is 6.65. The van der Waals surface area contributed by atoms with E-state index in [0.29, 0.717) is 11.3 Å². The third kappa shape index (κ3) is 2.68. The van der Waals surface area contributed by atoms with Crippen LogP contribution >= 0.6 is 0 Å². The standard InChI is InChI=1S/C17H16O5/c1-4-9-17(15(18)20-2,16(19)21-3)11-13-10-12-7-5-6-8-14(12)22-13/h1,5-8,10H,9,11H2,2-3H3. The third-order valence-electron chi connectivity index (χ3n) is 3.51. The molecule has 2 aromatic rings. The van der Waals surface area contributed by atoms with Crippen LogP contribution in [0.2, 0.25) is 0 Å². The molecular formula is C17H16O5. The maximum absolute atomic E-state index is 12.2. The van der Waals surface area contributed by atoms with Gasteiger partial charge in [0.2, 0.25) is 0 Å². The number of benzene rings is 1. The highest BCUT2D eigenvalue weighted by Crippen LogP contribution is 2.32. The Morgan fingerprint density at radius 2 is 1.86 bits per heavy atom. The van der Waals surface area contributed by atoms with E-state index in [4.69, 9.17) is 20.3 Å². The Labute approximate surface area is 128 Å². The van der Waals surface area contributed by atoms with Crippen LogP contribution in [-0.2, 0) is 25.5 Å². The Kier molecular flexibility index (Phi) is 4.52. The molecule has 0 spiro atoms. The largest absolute Gasteiger partial charge is 0.468 e. The molecule has 1 heterocycles. The van der Waals surface area contributed by atoms with Gasteiger partial charge in [0.15, 0.2) is 5.41 Å². The fourth-order valence-corrected chi connectivity index (χ4v) is 2.42. The smallest absolute Gasteiger partial charge is 0.324 e. The predicted octanol–water partition coefficient (Wildman–Crippen LogP) is 2.33. The fourth-order valence-electron chi connectivity index (χ4n) is 2.42. The normalized spacial score (nSPS) is 11.0. The first-order chi connectivity index (χ1) is 10.6. The molecule has 114 valence electrons. The minimum absolute atomic E-state index is 0.0226. The van der Waals surface area contributed by atoms with Crippen molar-refractivity contribution in [2.75, 3.05) is 14.2 Å². The summed E-state index contributed by atoms with van der Waals surface area (Å²) in [6.45, 7) is 0. The summed E-state index contributed by atoms with van der Waals surface area (Å²) in [6, 6.07) is 9.16. The zero-order valence-corrected chi connectivity index (χ0v) is 12.4. The first kappa shape index (κ1) is 15.6. The number of furan rings is 1. The number of methoxy groups -OCH3 is 2. The Bertz CT molecular complexity index is 686. The van der Waals surface area contributed by atoms with Crippen LogP contribution in [0.4, 0.5) is 0 Å². The summed E-state index contributed by atoms with van der Waals surface area (Å²) in [5, 5.41) is 0.877. The van der Waals surface area contributed by atoms with Gasteiger partial charge in [0.25, 0.3) is 0 Å². The van der Waals surface area contributed by atoms with E-state index in [9.17, 15) is 9.59 Å². The number of carbonyl (C=O) groups is 2. The van der Waals surface area contributed by atoms with E-state index in [1.54, 1.807) is 12.1 Å². The Morgan fingerprint density at radius 3 is 2.41 bits per heavy atom. The summed E-state index contributed by atoms with van der Waals surface area (Å²) in [6.07, 6.45) is 5.17. The minimum atomic E-state index is -1.61. The first-order valence-electron chi connectivity index (χ1n) is 6.65. The van der Waals surface area contributed by atoms with Crippen molar-refractivity contribution in [3.05, 3.63) is 36.1 Å². The molecule has 0 fully saturated rings. The van der Waals surface area contributed by atoms with Crippen molar-refractivity contribution in [3.63, 3.8) is 0 Å². The number of hydrogen-bond donors (Lipinski definition) is 0. The third-order valence-corrected chi connectivity index (χ3v) is 3.51. The molecule has 0 aliphatic carbocycles. The summed E-state index contributed by atoms with van der Waals surface area (Å²) >= 11 is 0. The van der Waals surface area contributed by atoms with Gasteiger partial charge >= 0.3 is 11.9 Å². The van der Waals surface area contributed by atoms with Crippen molar-refractivity contribution in [2.24, 2.45) is 5.41 Å². The van der Waals surface area contributed by atoms with E-state index in [2.05, 4.69) is 5.92 Å². The van der Waals surface area contributed by atoms with E-state index in [-0.39, 0.29) is 12.8 Å². The van der Waals surface area contributed by atoms with Crippen LogP contribution in [0.5, 0.6) is 0 Å². The zero-order valence-electron chi connectivity index (χ0n) is 12.4. The van der Waals surface area contributed by atoms with Crippen LogP contribution in [0.15, 0.2) is 34.7 Å². The molecule has 0 aliphatic rings. The zero-order chi connectivity index (χ0) is 16.2. The molecule has 0 bridgehead atoms. The lowest BCUT2D eigenvalue weighted by atomic mass is 9.80. The fraction of sp³-hybridized carbons (Fsp3) is 0.294. The number of fused-ring (bicyclic) bond motifs is 1. The van der Waals surface area contributed by atoms with Gasteiger partial charge in [-0.25, -0.2) is 0 Å². The van der Waals surface area contributed by atoms with Gasteiger partial charge in [-0.3, -0.25) is 9.59 Å². The number of para-hydroxylation sites is 1. The van der Waals surface area contributed by atoms with Crippen LogP contribution in [0.1, 0.15) is 12.2 Å². The summed E-state index contributed by atoms with van der Waals surface area (Å²) in [5.41, 5.74) is -0.937. The van der Waals surface area contributed by atoms with Crippen molar-refractivity contribution in [3.8, 4) is 12.3 Å². The molecule has 5 heteroatoms. The van der Waals surface area contributed by atoms with Gasteiger partial charge in [-0.05, 0) is 12.1 Å². The number of carbonyl (C=O) groups excluding carboxylic acids is 2. The van der Waals surface area contributed by atoms with Crippen molar-refractivity contribution in [2.45, 2.75) is 12.8 Å². The summed E-state index contributed by atoms with van der Waals surface area (Å²) < 4.78 is 15.2. The number of rotatable bonds is 5. The molecule has 0 amide bonds. The van der Waals surface area contributed by atoms with Gasteiger partial charge in [0.05, 0.1) is 14.2 Å². The lowest BCUT2D eigenvalue weighted by Crippen LogP contribution is -2.42. The second kappa shape index (κ2) is 6.35. The maximum Gasteiger partial charge on any atom is 0.324 e. The topological polar surface area (TPSA) is 65.7 Å². The number of esters is 2. The second-order valence-corrected chi connectivity index (χ2v) is 4.87. The Hall–Kier alpha value is -2.74. The lowest BCUT2D eigenvalue weighted by Gasteiger charge is -2.25. The molecule has 0 N–H and O–H groups in total. The van der Waals surface area contributed by atoms with Crippen LogP contribution in [-0.4, -0.2) is 26.2 Å². The highest BCUT2D eigenvalue weighted by atomic mass is 16.5. The number of ether oxygens (including phenoxy) is 2. The Morgan fingerprint density at radius 1 is 1.23 bits per heavy atom. The average Bonchev–Trinajstić information content (AvgIpc) is 2.94. The Balaban J connectivity index is 2.46. The monoisotopic (exact) mass is 300 g/mol. The van der Waals surface area contributed by atoms with E-state index in [1.165, 1.54) is 14.2 Å². The van der Waals surface area contributed by atoms with Crippen molar-refractivity contribution >= 4 is 22.9 Å². The summed E-state index contributed by atoms with van der Waals surface area (Å²) in [7, 11) is 2.41. The average molecular weight is 300 g/mol. The molecule has 2 rings (SSSR count). The van der Waals surface area contributed by atoms with Crippen LogP contribution in [0.25, 0.3) is 11.0 Å². The molecule has 0 radical (unpaired) electrons. The molecule has 0 saturated carbocycles. The summed E-state index contributed by atoms with van der Waals surface area (Å²) in [4.78, 5) is 24.4. The van der Waals surface area contributed by atoms with Crippen LogP contribution in [0, 0.1) is 17.8 Å². The highest BCUT2D eigenvalue weighted by molar-refractivity contribution is 6.00. The van der Waals surface area contributed by atoms with Crippen molar-refractivity contribution in [1.29, 1.82) is 0 Å². The molecule has 1 aromatic heterocycles. The highest BCUT2D eigenvalue weighted by Gasteiger charge is 2.48. The van der Waals surface area contributed by atoms with Gasteiger partial charge in [-0.2, -0.15) is 0 Å². The molecule has 0 aliphatic heterocycles. The van der Waals surface area contributed by atoms with E-state index < -0.39 is 17.4 Å². The molecule has 1 aromatic carbocycles. The van der Waals surface area contributed by atoms with Gasteiger partial charge in [-0.1, -0.05) is 18.2 Å². The summed E-state index contributed by atoms with van der Waals surface area (Å²) in [5.74, 6) is 1.34. The van der Waals surface area contributed by atoms with E-state index in [1.807, 2.05) is 18.2 Å². The van der Waals surface area contributed by atoms with Crippen LogP contribution < -0.4 is 0 Å². The van der Waals surface area contributed by atoms with E-state index in [0.717, 1.165) is 5.39 Å². The number of hydrogen-bond acceptors (Lipinski definition) is 5. The molecule has 0 unspecified atom stereocenters. The molecule has 0 saturated heterocycles. The maximum atomic E-state index is 12.2. The molecular weight excluding hydrogens is 284 g/mol. The minimum Gasteiger partial charge on any atom is -0.468 e. The predicted molar refractivity (Wildman–Crippen MR) is 79.8 cm³/mol. The molecule has 5 nitrogen and oxygen atoms in total. The number of terminal acetylenes is 1. The molecule has 0 atom stereocenters. The molecule has 22 heavy (non-hydrogen) atoms. The van der Waals surface area contributed by atoms with Crippen molar-refractivity contribution in [1.82, 2.24) is 0 Å². The van der Waals surface area contributed by atoms with Crippen molar-refractivity contribution < 1.29 is 23.5 Å². The van der Waals surface area contributed by atoms with E-state index >= 15 is 0 Å². The van der Waals surface area contributed by atoms with Gasteiger partial charge in [0, 0.05) is 18.2 Å². The SMILES string of the molecule is C#CCC(Cc1cc2ccccc2o1)(C(=O)OC)C(=O)OC. The second-order valence-electron chi connectivity index (χ2n) is 4.87. The van der Waals surface area contributed by atoms with Gasteiger partial charge < -0.3 is 13.9 Å². The van der Waals surface area contributed by atoms with Gasteiger partial charge in [0.1, 0.15) is 11.3 Å². The quantitative estimate of drug-likeness (QED) is 0.482. The van der Waals surface area contributed by atoms with Crippen LogP contribution in [0.3, 0.4) is 0 Å².